The van der Waals surface area contributed by atoms with E-state index in [1.165, 1.54) is 18.4 Å². The average Bonchev–Trinajstić information content (AvgIpc) is 3.29. The molecule has 0 saturated carbocycles. The van der Waals surface area contributed by atoms with Gasteiger partial charge in [0.2, 0.25) is 11.7 Å². The summed E-state index contributed by atoms with van der Waals surface area (Å²) in [7, 11) is 3.03. The molecule has 9 nitrogen and oxygen atoms in total. The predicted octanol–water partition coefficient (Wildman–Crippen LogP) is 3.47. The van der Waals surface area contributed by atoms with E-state index in [4.69, 9.17) is 23.7 Å². The number of amides is 1. The van der Waals surface area contributed by atoms with Crippen molar-refractivity contribution in [3.63, 3.8) is 0 Å². The molecule has 1 N–H and O–H groups in total. The zero-order valence-electron chi connectivity index (χ0n) is 18.1. The van der Waals surface area contributed by atoms with Gasteiger partial charge in [0.05, 0.1) is 37.6 Å². The maximum atomic E-state index is 12.5. The SMILES string of the molecule is COc1ccccc1NC(=O)Cc1nc(COC(=O)c2cc(OC)c3c(c2)OCCO3)cs1. The number of anilines is 1. The molecule has 33 heavy (non-hydrogen) atoms. The number of fused-ring (bicyclic) bond motifs is 1. The highest BCUT2D eigenvalue weighted by Crippen LogP contribution is 2.40. The van der Waals surface area contributed by atoms with Gasteiger partial charge in [-0.3, -0.25) is 4.79 Å². The Hall–Kier alpha value is -3.79. The summed E-state index contributed by atoms with van der Waals surface area (Å²) >= 11 is 1.32. The van der Waals surface area contributed by atoms with Crippen LogP contribution >= 0.6 is 11.3 Å². The normalized spacial score (nSPS) is 12.1. The molecule has 0 unspecified atom stereocenters. The van der Waals surface area contributed by atoms with Crippen LogP contribution < -0.4 is 24.3 Å². The number of carbonyl (C=O) groups excluding carboxylic acids is 2. The van der Waals surface area contributed by atoms with Gasteiger partial charge in [0.15, 0.2) is 11.5 Å². The van der Waals surface area contributed by atoms with Crippen molar-refractivity contribution in [2.24, 2.45) is 0 Å². The van der Waals surface area contributed by atoms with E-state index >= 15 is 0 Å². The van der Waals surface area contributed by atoms with Crippen molar-refractivity contribution in [2.45, 2.75) is 13.0 Å². The molecule has 4 rings (SSSR count). The van der Waals surface area contributed by atoms with E-state index in [0.29, 0.717) is 52.6 Å². The van der Waals surface area contributed by atoms with Crippen molar-refractivity contribution in [3.8, 4) is 23.0 Å². The fraction of sp³-hybridized carbons (Fsp3) is 0.261. The molecule has 1 amide bonds. The summed E-state index contributed by atoms with van der Waals surface area (Å²) in [6.07, 6.45) is 0.0933. The first-order chi connectivity index (χ1) is 16.1. The van der Waals surface area contributed by atoms with Crippen molar-refractivity contribution < 1.29 is 33.3 Å². The first-order valence-electron chi connectivity index (χ1n) is 10.1. The lowest BCUT2D eigenvalue weighted by Crippen LogP contribution is -2.17. The molecule has 172 valence electrons. The molecule has 0 aliphatic carbocycles. The zero-order chi connectivity index (χ0) is 23.2. The molecule has 0 atom stereocenters. The van der Waals surface area contributed by atoms with Crippen LogP contribution in [0.25, 0.3) is 0 Å². The van der Waals surface area contributed by atoms with E-state index in [9.17, 15) is 9.59 Å². The van der Waals surface area contributed by atoms with Gasteiger partial charge in [0.25, 0.3) is 0 Å². The molecule has 2 aromatic carbocycles. The number of carbonyl (C=O) groups is 2. The van der Waals surface area contributed by atoms with Crippen molar-refractivity contribution in [1.82, 2.24) is 4.98 Å². The number of para-hydroxylation sites is 2. The molecule has 1 aromatic heterocycles. The number of methoxy groups -OCH3 is 2. The molecule has 3 aromatic rings. The van der Waals surface area contributed by atoms with Crippen molar-refractivity contribution >= 4 is 28.9 Å². The van der Waals surface area contributed by atoms with Crippen LogP contribution in [0.3, 0.4) is 0 Å². The van der Waals surface area contributed by atoms with Crippen LogP contribution in [0.4, 0.5) is 5.69 Å². The number of hydrogen-bond donors (Lipinski definition) is 1. The molecule has 2 heterocycles. The smallest absolute Gasteiger partial charge is 0.338 e. The molecule has 10 heteroatoms. The van der Waals surface area contributed by atoms with Gasteiger partial charge in [-0.05, 0) is 24.3 Å². The molecule has 0 fully saturated rings. The molecule has 0 radical (unpaired) electrons. The summed E-state index contributed by atoms with van der Waals surface area (Å²) in [4.78, 5) is 29.3. The second kappa shape index (κ2) is 10.2. The van der Waals surface area contributed by atoms with Crippen LogP contribution in [0, 0.1) is 0 Å². The highest BCUT2D eigenvalue weighted by Gasteiger charge is 2.22. The van der Waals surface area contributed by atoms with Crippen LogP contribution in [-0.4, -0.2) is 44.3 Å². The first kappa shape index (κ1) is 22.4. The minimum Gasteiger partial charge on any atom is -0.495 e. The number of benzene rings is 2. The summed E-state index contributed by atoms with van der Waals surface area (Å²) in [5.41, 5.74) is 1.42. The second-order valence-corrected chi connectivity index (χ2v) is 7.88. The van der Waals surface area contributed by atoms with Gasteiger partial charge in [-0.1, -0.05) is 12.1 Å². The molecule has 0 saturated heterocycles. The maximum Gasteiger partial charge on any atom is 0.338 e. The van der Waals surface area contributed by atoms with Crippen LogP contribution in [0.5, 0.6) is 23.0 Å². The van der Waals surface area contributed by atoms with Crippen molar-refractivity contribution in [2.75, 3.05) is 32.8 Å². The van der Waals surface area contributed by atoms with Gasteiger partial charge in [-0.2, -0.15) is 0 Å². The summed E-state index contributed by atoms with van der Waals surface area (Å²) < 4.78 is 27.0. The number of hydrogen-bond acceptors (Lipinski definition) is 9. The average molecular weight is 471 g/mol. The number of nitrogens with zero attached hydrogens (tertiary/aromatic N) is 1. The predicted molar refractivity (Wildman–Crippen MR) is 121 cm³/mol. The number of nitrogens with one attached hydrogen (secondary N) is 1. The Kier molecular flexibility index (Phi) is 6.94. The summed E-state index contributed by atoms with van der Waals surface area (Å²) in [5, 5.41) is 5.17. The fourth-order valence-electron chi connectivity index (χ4n) is 3.19. The lowest BCUT2D eigenvalue weighted by atomic mass is 10.1. The van der Waals surface area contributed by atoms with E-state index in [0.717, 1.165) is 0 Å². The minimum atomic E-state index is -0.547. The highest BCUT2D eigenvalue weighted by molar-refractivity contribution is 7.09. The molecule has 0 spiro atoms. The Morgan fingerprint density at radius 3 is 2.70 bits per heavy atom. The van der Waals surface area contributed by atoms with Gasteiger partial charge in [-0.25, -0.2) is 9.78 Å². The van der Waals surface area contributed by atoms with Crippen LogP contribution in [0.15, 0.2) is 41.8 Å². The number of thiazole rings is 1. The minimum absolute atomic E-state index is 0.0276. The Morgan fingerprint density at radius 2 is 1.88 bits per heavy atom. The van der Waals surface area contributed by atoms with Crippen LogP contribution in [0.1, 0.15) is 21.1 Å². The zero-order valence-corrected chi connectivity index (χ0v) is 18.9. The monoisotopic (exact) mass is 470 g/mol. The van der Waals surface area contributed by atoms with Gasteiger partial charge in [0.1, 0.15) is 30.6 Å². The lowest BCUT2D eigenvalue weighted by molar-refractivity contribution is -0.115. The van der Waals surface area contributed by atoms with Gasteiger partial charge in [-0.15, -0.1) is 11.3 Å². The Balaban J connectivity index is 1.34. The lowest BCUT2D eigenvalue weighted by Gasteiger charge is -2.21. The largest absolute Gasteiger partial charge is 0.495 e. The molecule has 0 bridgehead atoms. The van der Waals surface area contributed by atoms with Crippen LogP contribution in [-0.2, 0) is 22.6 Å². The van der Waals surface area contributed by atoms with Crippen molar-refractivity contribution in [3.05, 3.63) is 58.0 Å². The maximum absolute atomic E-state index is 12.5. The number of ether oxygens (including phenoxy) is 5. The third kappa shape index (κ3) is 5.35. The third-order valence-corrected chi connectivity index (χ3v) is 5.60. The quantitative estimate of drug-likeness (QED) is 0.499. The Labute approximate surface area is 194 Å². The summed E-state index contributed by atoms with van der Waals surface area (Å²) in [6.45, 7) is 0.775. The third-order valence-electron chi connectivity index (χ3n) is 4.71. The van der Waals surface area contributed by atoms with E-state index in [-0.39, 0.29) is 24.5 Å². The Bertz CT molecular complexity index is 1140. The molecular formula is C23H22N2O7S. The Morgan fingerprint density at radius 1 is 1.09 bits per heavy atom. The fourth-order valence-corrected chi connectivity index (χ4v) is 3.97. The van der Waals surface area contributed by atoms with Crippen molar-refractivity contribution in [1.29, 1.82) is 0 Å². The molecule has 1 aliphatic heterocycles. The first-order valence-corrected chi connectivity index (χ1v) is 11.0. The number of rotatable bonds is 8. The second-order valence-electron chi connectivity index (χ2n) is 6.94. The van der Waals surface area contributed by atoms with E-state index < -0.39 is 5.97 Å². The number of esters is 1. The van der Waals surface area contributed by atoms with Gasteiger partial charge >= 0.3 is 5.97 Å². The highest BCUT2D eigenvalue weighted by atomic mass is 32.1. The van der Waals surface area contributed by atoms with Gasteiger partial charge in [0, 0.05) is 5.38 Å². The van der Waals surface area contributed by atoms with E-state index in [1.807, 2.05) is 12.1 Å². The summed E-state index contributed by atoms with van der Waals surface area (Å²) in [6, 6.07) is 10.3. The van der Waals surface area contributed by atoms with Gasteiger partial charge < -0.3 is 29.0 Å². The summed E-state index contributed by atoms with van der Waals surface area (Å²) in [5.74, 6) is 1.11. The number of aromatic nitrogens is 1. The van der Waals surface area contributed by atoms with Crippen LogP contribution in [0.2, 0.25) is 0 Å². The topological polar surface area (TPSA) is 105 Å². The standard InChI is InChI=1S/C23H22N2O7S/c1-28-17-6-4-3-5-16(17)25-20(26)11-21-24-15(13-33-21)12-32-23(27)14-9-18(29-2)22-19(10-14)30-7-8-31-22/h3-6,9-10,13H,7-8,11-12H2,1-2H3,(H,25,26). The molecular weight excluding hydrogens is 448 g/mol. The van der Waals surface area contributed by atoms with E-state index in [1.54, 1.807) is 36.8 Å². The van der Waals surface area contributed by atoms with E-state index in [2.05, 4.69) is 10.3 Å². The molecule has 1 aliphatic rings.